The first kappa shape index (κ1) is 13.5. The quantitative estimate of drug-likeness (QED) is 0.471. The van der Waals surface area contributed by atoms with Crippen molar-refractivity contribution in [2.24, 2.45) is 5.92 Å². The largest absolute Gasteiger partial charge is 0.0877 e. The molecule has 1 unspecified atom stereocenters. The van der Waals surface area contributed by atoms with Crippen LogP contribution in [-0.2, 0) is 0 Å². The molecule has 0 aliphatic rings. The molecule has 1 atom stereocenters. The Labute approximate surface area is 90.1 Å². The minimum absolute atomic E-state index is 0.949. The Balaban J connectivity index is 3.51. The summed E-state index contributed by atoms with van der Waals surface area (Å²) in [5, 5.41) is 0. The lowest BCUT2D eigenvalue weighted by Crippen LogP contribution is -1.97. The van der Waals surface area contributed by atoms with Crippen LogP contribution in [0.2, 0.25) is 0 Å². The summed E-state index contributed by atoms with van der Waals surface area (Å²) in [6.07, 6.45) is 16.7. The molecule has 0 N–H and O–H groups in total. The SMILES string of the molecule is CC=CC=CCCC(CC)CCCC. The molecule has 0 nitrogen and oxygen atoms in total. The van der Waals surface area contributed by atoms with E-state index in [1.165, 1.54) is 38.5 Å². The third-order valence-corrected chi connectivity index (χ3v) is 2.72. The number of hydrogen-bond donors (Lipinski definition) is 0. The van der Waals surface area contributed by atoms with Gasteiger partial charge in [-0.1, -0.05) is 63.8 Å². The zero-order valence-electron chi connectivity index (χ0n) is 10.1. The number of rotatable bonds is 8. The fraction of sp³-hybridized carbons (Fsp3) is 0.714. The van der Waals surface area contributed by atoms with Crippen LogP contribution in [0.3, 0.4) is 0 Å². The zero-order chi connectivity index (χ0) is 10.6. The Bertz CT molecular complexity index is 153. The summed E-state index contributed by atoms with van der Waals surface area (Å²) in [6.45, 7) is 6.65. The molecule has 0 radical (unpaired) electrons. The molecule has 0 aromatic carbocycles. The van der Waals surface area contributed by atoms with Crippen molar-refractivity contribution < 1.29 is 0 Å². The van der Waals surface area contributed by atoms with Crippen molar-refractivity contribution >= 4 is 0 Å². The highest BCUT2D eigenvalue weighted by Crippen LogP contribution is 2.18. The lowest BCUT2D eigenvalue weighted by molar-refractivity contribution is 0.425. The fourth-order valence-corrected chi connectivity index (χ4v) is 1.66. The highest BCUT2D eigenvalue weighted by Gasteiger charge is 2.03. The summed E-state index contributed by atoms with van der Waals surface area (Å²) in [6, 6.07) is 0. The second-order valence-corrected chi connectivity index (χ2v) is 3.95. The molecule has 0 aliphatic carbocycles. The maximum absolute atomic E-state index is 2.32. The molecule has 0 spiro atoms. The van der Waals surface area contributed by atoms with Gasteiger partial charge in [-0.3, -0.25) is 0 Å². The summed E-state index contributed by atoms with van der Waals surface area (Å²) in [7, 11) is 0. The van der Waals surface area contributed by atoms with Gasteiger partial charge in [0, 0.05) is 0 Å². The summed E-state index contributed by atoms with van der Waals surface area (Å²) in [5.74, 6) is 0.949. The van der Waals surface area contributed by atoms with Crippen LogP contribution in [0.1, 0.15) is 59.3 Å². The molecule has 0 saturated carbocycles. The van der Waals surface area contributed by atoms with Crippen LogP contribution in [-0.4, -0.2) is 0 Å². The molecule has 0 bridgehead atoms. The standard InChI is InChI=1S/C14H26/c1-4-7-9-10-11-13-14(6-3)12-8-5-2/h4,7,9-10,14H,5-6,8,11-13H2,1-3H3. The van der Waals surface area contributed by atoms with E-state index in [2.05, 4.69) is 45.1 Å². The van der Waals surface area contributed by atoms with Gasteiger partial charge in [0.1, 0.15) is 0 Å². The molecule has 0 aromatic heterocycles. The van der Waals surface area contributed by atoms with E-state index >= 15 is 0 Å². The smallest absolute Gasteiger partial charge is 0.0345 e. The molecule has 0 fully saturated rings. The maximum Gasteiger partial charge on any atom is -0.0345 e. The van der Waals surface area contributed by atoms with E-state index in [0.29, 0.717) is 0 Å². The van der Waals surface area contributed by atoms with Crippen molar-refractivity contribution in [1.82, 2.24) is 0 Å². The third-order valence-electron chi connectivity index (χ3n) is 2.72. The molecule has 14 heavy (non-hydrogen) atoms. The van der Waals surface area contributed by atoms with Gasteiger partial charge in [0.15, 0.2) is 0 Å². The van der Waals surface area contributed by atoms with Crippen molar-refractivity contribution in [3.63, 3.8) is 0 Å². The molecular weight excluding hydrogens is 168 g/mol. The minimum Gasteiger partial charge on any atom is -0.0877 e. The molecule has 82 valence electrons. The summed E-state index contributed by atoms with van der Waals surface area (Å²) >= 11 is 0. The average molecular weight is 194 g/mol. The molecule has 0 saturated heterocycles. The topological polar surface area (TPSA) is 0 Å². The van der Waals surface area contributed by atoms with E-state index in [1.807, 2.05) is 0 Å². The van der Waals surface area contributed by atoms with Crippen LogP contribution < -0.4 is 0 Å². The summed E-state index contributed by atoms with van der Waals surface area (Å²) in [5.41, 5.74) is 0. The Hall–Kier alpha value is -0.520. The maximum atomic E-state index is 2.32. The molecule has 0 amide bonds. The predicted octanol–water partition coefficient (Wildman–Crippen LogP) is 5.12. The van der Waals surface area contributed by atoms with Gasteiger partial charge in [0.25, 0.3) is 0 Å². The number of hydrogen-bond acceptors (Lipinski definition) is 0. The van der Waals surface area contributed by atoms with Gasteiger partial charge in [0.05, 0.1) is 0 Å². The van der Waals surface area contributed by atoms with Crippen LogP contribution in [0.25, 0.3) is 0 Å². The molecule has 0 heteroatoms. The number of unbranched alkanes of at least 4 members (excludes halogenated alkanes) is 1. The van der Waals surface area contributed by atoms with Gasteiger partial charge in [-0.2, -0.15) is 0 Å². The van der Waals surface area contributed by atoms with Gasteiger partial charge >= 0.3 is 0 Å². The first-order valence-electron chi connectivity index (χ1n) is 6.12. The first-order valence-corrected chi connectivity index (χ1v) is 6.12. The highest BCUT2D eigenvalue weighted by molar-refractivity contribution is 5.00. The average Bonchev–Trinajstić information content (AvgIpc) is 2.22. The van der Waals surface area contributed by atoms with E-state index < -0.39 is 0 Å². The minimum atomic E-state index is 0.949. The Kier molecular flexibility index (Phi) is 10.2. The second kappa shape index (κ2) is 10.6. The zero-order valence-corrected chi connectivity index (χ0v) is 10.1. The molecule has 0 rings (SSSR count). The molecule has 0 aliphatic heterocycles. The lowest BCUT2D eigenvalue weighted by atomic mass is 9.94. The van der Waals surface area contributed by atoms with Crippen molar-refractivity contribution in [2.75, 3.05) is 0 Å². The van der Waals surface area contributed by atoms with Crippen molar-refractivity contribution in [1.29, 1.82) is 0 Å². The summed E-state index contributed by atoms with van der Waals surface area (Å²) in [4.78, 5) is 0. The van der Waals surface area contributed by atoms with Gasteiger partial charge in [-0.05, 0) is 25.7 Å². The van der Waals surface area contributed by atoms with Crippen molar-refractivity contribution in [2.45, 2.75) is 59.3 Å². The van der Waals surface area contributed by atoms with E-state index in [9.17, 15) is 0 Å². The first-order chi connectivity index (χ1) is 6.85. The van der Waals surface area contributed by atoms with E-state index in [1.54, 1.807) is 0 Å². The van der Waals surface area contributed by atoms with Crippen LogP contribution in [0, 0.1) is 5.92 Å². The third kappa shape index (κ3) is 8.10. The van der Waals surface area contributed by atoms with Crippen LogP contribution in [0.5, 0.6) is 0 Å². The normalized spacial score (nSPS) is 14.2. The van der Waals surface area contributed by atoms with E-state index in [0.717, 1.165) is 5.92 Å². The van der Waals surface area contributed by atoms with E-state index in [-0.39, 0.29) is 0 Å². The van der Waals surface area contributed by atoms with Crippen molar-refractivity contribution in [3.8, 4) is 0 Å². The van der Waals surface area contributed by atoms with Crippen LogP contribution in [0.15, 0.2) is 24.3 Å². The highest BCUT2D eigenvalue weighted by atomic mass is 14.1. The fourth-order valence-electron chi connectivity index (χ4n) is 1.66. The Morgan fingerprint density at radius 1 is 1.07 bits per heavy atom. The predicted molar refractivity (Wildman–Crippen MR) is 66.5 cm³/mol. The second-order valence-electron chi connectivity index (χ2n) is 3.95. The van der Waals surface area contributed by atoms with Gasteiger partial charge in [0.2, 0.25) is 0 Å². The summed E-state index contributed by atoms with van der Waals surface area (Å²) < 4.78 is 0. The number of allylic oxidation sites excluding steroid dienone is 4. The Morgan fingerprint density at radius 2 is 1.86 bits per heavy atom. The van der Waals surface area contributed by atoms with Crippen LogP contribution in [0.4, 0.5) is 0 Å². The molecular formula is C14H26. The Morgan fingerprint density at radius 3 is 2.43 bits per heavy atom. The molecule has 0 heterocycles. The monoisotopic (exact) mass is 194 g/mol. The van der Waals surface area contributed by atoms with Crippen LogP contribution >= 0.6 is 0 Å². The molecule has 0 aromatic rings. The lowest BCUT2D eigenvalue weighted by Gasteiger charge is -2.12. The van der Waals surface area contributed by atoms with Gasteiger partial charge in [-0.25, -0.2) is 0 Å². The van der Waals surface area contributed by atoms with Crippen molar-refractivity contribution in [3.05, 3.63) is 24.3 Å². The van der Waals surface area contributed by atoms with Gasteiger partial charge in [-0.15, -0.1) is 0 Å². The van der Waals surface area contributed by atoms with Gasteiger partial charge < -0.3 is 0 Å². The van der Waals surface area contributed by atoms with E-state index in [4.69, 9.17) is 0 Å².